The van der Waals surface area contributed by atoms with Gasteiger partial charge in [0.05, 0.1) is 19.7 Å². The van der Waals surface area contributed by atoms with Crippen LogP contribution in [0.2, 0.25) is 0 Å². The highest BCUT2D eigenvalue weighted by Gasteiger charge is 2.48. The molecule has 15 heteroatoms. The number of aliphatic hydroxyl groups excluding tert-OH is 3. The lowest BCUT2D eigenvalue weighted by Gasteiger charge is -2.47. The Morgan fingerprint density at radius 3 is 1.43 bits per heavy atom. The third-order valence-electron chi connectivity index (χ3n) is 12.4. The summed E-state index contributed by atoms with van der Waals surface area (Å²) in [6, 6.07) is -1.27. The molecule has 1 rings (SSSR count). The molecule has 0 bridgehead atoms. The molecule has 1 aliphatic rings. The SMILES string of the molecule is CCCCCCCC/C=C\CCCCCCCC(=O)N(CCCCCCCCCCCCCCCCCC)[C@@H]1O[C@H](CO)[C@@H](O)[C@H](O)[C@H]1NC(=O)CNC(=O)CNC(=O)CNC(=O)OC(C)(C)C. The van der Waals surface area contributed by atoms with Crippen LogP contribution in [0.1, 0.15) is 227 Å². The number of alkyl carbamates (subject to hydrolysis) is 1. The number of carbonyl (C=O) groups is 5. The number of rotatable bonds is 41. The van der Waals surface area contributed by atoms with Crippen molar-refractivity contribution in [3.05, 3.63) is 12.2 Å². The summed E-state index contributed by atoms with van der Waals surface area (Å²) in [6.07, 6.45) is 32.6. The van der Waals surface area contributed by atoms with E-state index in [1.54, 1.807) is 25.7 Å². The van der Waals surface area contributed by atoms with Crippen molar-refractivity contribution in [3.8, 4) is 0 Å². The summed E-state index contributed by atoms with van der Waals surface area (Å²) in [5.74, 6) is -2.26. The Balaban J connectivity index is 2.79. The molecule has 5 atom stereocenters. The first-order valence-electron chi connectivity index (χ1n) is 27.1. The van der Waals surface area contributed by atoms with E-state index >= 15 is 0 Å². The fraction of sp³-hybridized carbons (Fsp3) is 0.868. The van der Waals surface area contributed by atoms with Gasteiger partial charge in [0.1, 0.15) is 36.5 Å². The second-order valence-corrected chi connectivity index (χ2v) is 20.0. The molecule has 0 radical (unpaired) electrons. The summed E-state index contributed by atoms with van der Waals surface area (Å²) in [6.45, 7) is 7.79. The van der Waals surface area contributed by atoms with Crippen LogP contribution < -0.4 is 21.3 Å². The zero-order valence-electron chi connectivity index (χ0n) is 43.4. The van der Waals surface area contributed by atoms with Gasteiger partial charge in [0.15, 0.2) is 6.23 Å². The Bertz CT molecular complexity index is 1360. The van der Waals surface area contributed by atoms with Gasteiger partial charge in [-0.3, -0.25) is 19.2 Å². The monoisotopic (exact) mass is 966 g/mol. The number of unbranched alkanes of at least 4 members (excludes halogenated alkanes) is 26. The second-order valence-electron chi connectivity index (χ2n) is 20.0. The molecular formula is C53H99N5O10. The standard InChI is InChI=1S/C53H99N5O10/c1-6-8-10-12-14-16-18-20-22-24-26-28-30-32-34-36-38-58(47(63)37-35-33-31-29-27-25-23-21-19-17-15-13-11-9-7-2)51-48(50(65)49(64)43(42-59)67-51)57-46(62)41-55-44(60)39-54-45(61)40-56-52(66)68-53(3,4)5/h21,23,43,48-51,59,64-65H,6-20,22,24-42H2,1-5H3,(H,54,61)(H,55,60)(H,56,66)(H,57,62)/b23-21-/t43-,48-,49-,50-,51-/m1/s1. The van der Waals surface area contributed by atoms with Crippen molar-refractivity contribution in [2.45, 2.75) is 263 Å². The van der Waals surface area contributed by atoms with Crippen molar-refractivity contribution in [1.29, 1.82) is 0 Å². The summed E-state index contributed by atoms with van der Waals surface area (Å²) in [5, 5.41) is 42.0. The van der Waals surface area contributed by atoms with Gasteiger partial charge >= 0.3 is 6.09 Å². The van der Waals surface area contributed by atoms with Gasteiger partial charge < -0.3 is 51.0 Å². The van der Waals surface area contributed by atoms with Gasteiger partial charge in [-0.05, 0) is 59.3 Å². The average molecular weight is 966 g/mol. The van der Waals surface area contributed by atoms with Crippen LogP contribution in [0.3, 0.4) is 0 Å². The van der Waals surface area contributed by atoms with Gasteiger partial charge in [0.25, 0.3) is 0 Å². The molecule has 0 spiro atoms. The highest BCUT2D eigenvalue weighted by atomic mass is 16.6. The van der Waals surface area contributed by atoms with Gasteiger partial charge in [0, 0.05) is 13.0 Å². The van der Waals surface area contributed by atoms with Crippen LogP contribution in [0.5, 0.6) is 0 Å². The van der Waals surface area contributed by atoms with E-state index in [0.717, 1.165) is 57.8 Å². The third-order valence-corrected chi connectivity index (χ3v) is 12.4. The molecule has 0 aliphatic carbocycles. The van der Waals surface area contributed by atoms with E-state index in [-0.39, 0.29) is 12.3 Å². The fourth-order valence-electron chi connectivity index (χ4n) is 8.42. The molecule has 7 N–H and O–H groups in total. The number of ether oxygens (including phenoxy) is 2. The van der Waals surface area contributed by atoms with Crippen LogP contribution in [0.4, 0.5) is 4.79 Å². The molecular weight excluding hydrogens is 867 g/mol. The molecule has 1 heterocycles. The quantitative estimate of drug-likeness (QED) is 0.0228. The highest BCUT2D eigenvalue weighted by Crippen LogP contribution is 2.26. The third kappa shape index (κ3) is 32.5. The van der Waals surface area contributed by atoms with Crippen molar-refractivity contribution in [2.24, 2.45) is 0 Å². The van der Waals surface area contributed by atoms with E-state index < -0.39 is 86.2 Å². The maximum atomic E-state index is 14.1. The molecule has 0 aromatic heterocycles. The second kappa shape index (κ2) is 40.5. The van der Waals surface area contributed by atoms with Gasteiger partial charge in [0.2, 0.25) is 23.6 Å². The highest BCUT2D eigenvalue weighted by molar-refractivity contribution is 5.89. The Morgan fingerprint density at radius 1 is 0.559 bits per heavy atom. The lowest BCUT2D eigenvalue weighted by molar-refractivity contribution is -0.231. The zero-order valence-corrected chi connectivity index (χ0v) is 43.4. The Kier molecular flexibility index (Phi) is 37.3. The van der Waals surface area contributed by atoms with E-state index in [9.17, 15) is 39.3 Å². The molecule has 1 saturated heterocycles. The fourth-order valence-corrected chi connectivity index (χ4v) is 8.42. The normalized spacial score (nSPS) is 18.3. The maximum Gasteiger partial charge on any atom is 0.408 e. The molecule has 15 nitrogen and oxygen atoms in total. The summed E-state index contributed by atoms with van der Waals surface area (Å²) < 4.78 is 11.2. The van der Waals surface area contributed by atoms with Crippen molar-refractivity contribution in [3.63, 3.8) is 0 Å². The van der Waals surface area contributed by atoms with Gasteiger partial charge in [-0.2, -0.15) is 0 Å². The topological polar surface area (TPSA) is 216 Å². The number of aliphatic hydroxyl groups is 3. The lowest BCUT2D eigenvalue weighted by atomic mass is 9.94. The number of amides is 5. The Labute approximate surface area is 411 Å². The number of hydrogen-bond acceptors (Lipinski definition) is 10. The van der Waals surface area contributed by atoms with Crippen LogP contribution >= 0.6 is 0 Å². The lowest BCUT2D eigenvalue weighted by Crippen LogP contribution is -2.69. The molecule has 0 saturated carbocycles. The zero-order chi connectivity index (χ0) is 50.3. The van der Waals surface area contributed by atoms with E-state index in [4.69, 9.17) is 9.47 Å². The maximum absolute atomic E-state index is 14.1. The largest absolute Gasteiger partial charge is 0.444 e. The summed E-state index contributed by atoms with van der Waals surface area (Å²) in [7, 11) is 0. The summed E-state index contributed by atoms with van der Waals surface area (Å²) in [4.78, 5) is 65.4. The van der Waals surface area contributed by atoms with Gasteiger partial charge in [-0.25, -0.2) is 4.79 Å². The van der Waals surface area contributed by atoms with Crippen molar-refractivity contribution >= 4 is 29.7 Å². The van der Waals surface area contributed by atoms with Crippen LogP contribution in [-0.4, -0.2) is 119 Å². The number of nitrogens with one attached hydrogen (secondary N) is 4. The smallest absolute Gasteiger partial charge is 0.408 e. The summed E-state index contributed by atoms with van der Waals surface area (Å²) in [5.41, 5.74) is -0.748. The molecule has 68 heavy (non-hydrogen) atoms. The van der Waals surface area contributed by atoms with Crippen LogP contribution in [0.15, 0.2) is 12.2 Å². The van der Waals surface area contributed by atoms with Crippen LogP contribution in [-0.2, 0) is 28.7 Å². The molecule has 0 aromatic carbocycles. The number of nitrogens with zero attached hydrogens (tertiary/aromatic N) is 1. The average Bonchev–Trinajstić information content (AvgIpc) is 3.30. The van der Waals surface area contributed by atoms with Crippen molar-refractivity contribution < 1.29 is 48.8 Å². The number of carbonyl (C=O) groups excluding carboxylic acids is 5. The molecule has 1 aliphatic heterocycles. The van der Waals surface area contributed by atoms with E-state index in [1.807, 2.05) is 0 Å². The molecule has 0 unspecified atom stereocenters. The minimum Gasteiger partial charge on any atom is -0.444 e. The minimum absolute atomic E-state index is 0.196. The van der Waals surface area contributed by atoms with Crippen molar-refractivity contribution in [1.82, 2.24) is 26.2 Å². The molecule has 5 amide bonds. The van der Waals surface area contributed by atoms with Crippen molar-refractivity contribution in [2.75, 3.05) is 32.8 Å². The summed E-state index contributed by atoms with van der Waals surface area (Å²) >= 11 is 0. The van der Waals surface area contributed by atoms with E-state index in [2.05, 4.69) is 47.3 Å². The molecule has 1 fully saturated rings. The van der Waals surface area contributed by atoms with Crippen LogP contribution in [0.25, 0.3) is 0 Å². The predicted molar refractivity (Wildman–Crippen MR) is 271 cm³/mol. The number of allylic oxidation sites excluding steroid dienone is 2. The minimum atomic E-state index is -1.59. The first-order valence-corrected chi connectivity index (χ1v) is 27.1. The Hall–Kier alpha value is -3.27. The van der Waals surface area contributed by atoms with Gasteiger partial charge in [-0.1, -0.05) is 174 Å². The first kappa shape index (κ1) is 62.7. The van der Waals surface area contributed by atoms with Gasteiger partial charge in [-0.15, -0.1) is 0 Å². The number of hydrogen-bond donors (Lipinski definition) is 7. The molecule has 0 aromatic rings. The molecule has 396 valence electrons. The first-order chi connectivity index (χ1) is 32.7. The van der Waals surface area contributed by atoms with Crippen LogP contribution in [0, 0.1) is 0 Å². The van der Waals surface area contributed by atoms with E-state index in [1.165, 1.54) is 116 Å². The van der Waals surface area contributed by atoms with E-state index in [0.29, 0.717) is 19.4 Å². The Morgan fingerprint density at radius 2 is 0.971 bits per heavy atom. The predicted octanol–water partition coefficient (Wildman–Crippen LogP) is 8.79.